The summed E-state index contributed by atoms with van der Waals surface area (Å²) in [5.41, 5.74) is 1.96. The minimum atomic E-state index is -0.799. The van der Waals surface area contributed by atoms with Crippen molar-refractivity contribution in [3.05, 3.63) is 29.6 Å². The Morgan fingerprint density at radius 2 is 2.19 bits per heavy atom. The number of aliphatic carboxylic acids is 1. The Morgan fingerprint density at radius 3 is 2.90 bits per heavy atom. The van der Waals surface area contributed by atoms with Crippen molar-refractivity contribution in [1.29, 1.82) is 0 Å². The van der Waals surface area contributed by atoms with Gasteiger partial charge in [-0.3, -0.25) is 4.79 Å². The lowest BCUT2D eigenvalue weighted by Crippen LogP contribution is -2.03. The fraction of sp³-hybridized carbons (Fsp3) is 0.400. The number of aromatic nitrogens is 2. The molecule has 2 rings (SSSR count). The van der Waals surface area contributed by atoms with Gasteiger partial charge in [-0.1, -0.05) is 12.1 Å². The van der Waals surface area contributed by atoms with Crippen LogP contribution in [0.2, 0.25) is 0 Å². The first-order valence-electron chi connectivity index (χ1n) is 6.80. The molecule has 0 aliphatic heterocycles. The van der Waals surface area contributed by atoms with Gasteiger partial charge in [0.05, 0.1) is 11.9 Å². The second-order valence-corrected chi connectivity index (χ2v) is 5.63. The Morgan fingerprint density at radius 1 is 1.38 bits per heavy atom. The molecule has 1 aromatic heterocycles. The van der Waals surface area contributed by atoms with Gasteiger partial charge in [0, 0.05) is 17.7 Å². The van der Waals surface area contributed by atoms with E-state index in [4.69, 9.17) is 9.84 Å². The fourth-order valence-corrected chi connectivity index (χ4v) is 3.01. The molecule has 0 saturated carbocycles. The molecule has 0 amide bonds. The maximum Gasteiger partial charge on any atom is 0.304 e. The number of carbonyl (C=O) groups is 1. The summed E-state index contributed by atoms with van der Waals surface area (Å²) in [6, 6.07) is 5.91. The smallest absolute Gasteiger partial charge is 0.304 e. The van der Waals surface area contributed by atoms with Crippen molar-refractivity contribution in [3.8, 4) is 0 Å². The molecule has 0 aliphatic rings. The quantitative estimate of drug-likeness (QED) is 0.626. The minimum Gasteiger partial charge on any atom is -0.481 e. The maximum absolute atomic E-state index is 10.7. The zero-order valence-corrected chi connectivity index (χ0v) is 12.9. The van der Waals surface area contributed by atoms with Crippen molar-refractivity contribution in [2.75, 3.05) is 12.4 Å². The number of rotatable bonds is 7. The van der Waals surface area contributed by atoms with E-state index in [0.717, 1.165) is 21.5 Å². The van der Waals surface area contributed by atoms with Crippen LogP contribution in [0.5, 0.6) is 0 Å². The molecule has 1 aromatic carbocycles. The number of thioether (sulfide) groups is 1. The number of benzene rings is 1. The van der Waals surface area contributed by atoms with Gasteiger partial charge in [-0.15, -0.1) is 11.8 Å². The summed E-state index contributed by atoms with van der Waals surface area (Å²) in [4.78, 5) is 19.7. The first-order valence-corrected chi connectivity index (χ1v) is 7.79. The fourth-order valence-electron chi connectivity index (χ4n) is 1.96. The zero-order chi connectivity index (χ0) is 15.2. The lowest BCUT2D eigenvalue weighted by molar-refractivity contribution is -0.136. The van der Waals surface area contributed by atoms with E-state index in [1.807, 2.05) is 32.0 Å². The molecule has 0 unspecified atom stereocenters. The van der Waals surface area contributed by atoms with Gasteiger partial charge in [0.25, 0.3) is 0 Å². The molecule has 0 bridgehead atoms. The Balaban J connectivity index is 2.35. The number of carboxylic acid groups (broad SMARTS) is 1. The molecule has 1 N–H and O–H groups in total. The molecule has 0 spiro atoms. The Labute approximate surface area is 127 Å². The summed E-state index contributed by atoms with van der Waals surface area (Å²) >= 11 is 1.45. The monoisotopic (exact) mass is 306 g/mol. The maximum atomic E-state index is 10.7. The summed E-state index contributed by atoms with van der Waals surface area (Å²) in [5.74, 6) is 0.323. The highest BCUT2D eigenvalue weighted by Crippen LogP contribution is 2.28. The van der Waals surface area contributed by atoms with Gasteiger partial charge in [0.1, 0.15) is 11.6 Å². The first kappa shape index (κ1) is 15.7. The predicted molar refractivity (Wildman–Crippen MR) is 82.6 cm³/mol. The van der Waals surface area contributed by atoms with Crippen LogP contribution >= 0.6 is 11.8 Å². The molecule has 112 valence electrons. The lowest BCUT2D eigenvalue weighted by atomic mass is 10.1. The van der Waals surface area contributed by atoms with E-state index >= 15 is 0 Å². The SMILES string of the molecule is CCOCc1nc(SCCC(=O)O)c2c(C)cccc2n1. The van der Waals surface area contributed by atoms with Crippen LogP contribution in [0.25, 0.3) is 10.9 Å². The van der Waals surface area contributed by atoms with E-state index in [1.54, 1.807) is 0 Å². The Hall–Kier alpha value is -1.66. The molecular formula is C15H18N2O3S. The zero-order valence-electron chi connectivity index (χ0n) is 12.1. The molecule has 0 saturated heterocycles. The molecule has 5 nitrogen and oxygen atoms in total. The third kappa shape index (κ3) is 4.15. The van der Waals surface area contributed by atoms with Crippen LogP contribution in [0, 0.1) is 6.92 Å². The third-order valence-electron chi connectivity index (χ3n) is 2.93. The molecule has 0 fully saturated rings. The van der Waals surface area contributed by atoms with E-state index in [2.05, 4.69) is 9.97 Å². The van der Waals surface area contributed by atoms with Crippen molar-refractivity contribution >= 4 is 28.6 Å². The van der Waals surface area contributed by atoms with Crippen molar-refractivity contribution in [3.63, 3.8) is 0 Å². The van der Waals surface area contributed by atoms with E-state index in [1.165, 1.54) is 11.8 Å². The van der Waals surface area contributed by atoms with Crippen LogP contribution < -0.4 is 0 Å². The average molecular weight is 306 g/mol. The summed E-state index contributed by atoms with van der Waals surface area (Å²) < 4.78 is 5.37. The summed E-state index contributed by atoms with van der Waals surface area (Å²) in [6.07, 6.45) is 0.114. The van der Waals surface area contributed by atoms with Gasteiger partial charge in [-0.25, -0.2) is 9.97 Å². The van der Waals surface area contributed by atoms with Crippen molar-refractivity contribution < 1.29 is 14.6 Å². The number of aryl methyl sites for hydroxylation is 1. The topological polar surface area (TPSA) is 72.3 Å². The minimum absolute atomic E-state index is 0.114. The van der Waals surface area contributed by atoms with Crippen LogP contribution in [-0.2, 0) is 16.1 Å². The van der Waals surface area contributed by atoms with Crippen LogP contribution in [0.3, 0.4) is 0 Å². The molecule has 1 heterocycles. The molecule has 0 aliphatic carbocycles. The summed E-state index contributed by atoms with van der Waals surface area (Å²) in [6.45, 7) is 4.91. The number of nitrogens with zero attached hydrogens (tertiary/aromatic N) is 2. The van der Waals surface area contributed by atoms with Crippen molar-refractivity contribution in [2.24, 2.45) is 0 Å². The number of hydrogen-bond donors (Lipinski definition) is 1. The van der Waals surface area contributed by atoms with Gasteiger partial charge in [0.2, 0.25) is 0 Å². The normalized spacial score (nSPS) is 11.0. The van der Waals surface area contributed by atoms with Crippen LogP contribution in [0.4, 0.5) is 0 Å². The second kappa shape index (κ2) is 7.38. The standard InChI is InChI=1S/C15H18N2O3S/c1-3-20-9-12-16-11-6-4-5-10(2)14(11)15(17-12)21-8-7-13(18)19/h4-6H,3,7-9H2,1-2H3,(H,18,19). The molecule has 0 radical (unpaired) electrons. The molecule has 21 heavy (non-hydrogen) atoms. The number of hydrogen-bond acceptors (Lipinski definition) is 5. The van der Waals surface area contributed by atoms with E-state index in [0.29, 0.717) is 24.8 Å². The van der Waals surface area contributed by atoms with Gasteiger partial charge < -0.3 is 9.84 Å². The lowest BCUT2D eigenvalue weighted by Gasteiger charge is -2.10. The first-order chi connectivity index (χ1) is 10.1. The highest BCUT2D eigenvalue weighted by molar-refractivity contribution is 7.99. The second-order valence-electron chi connectivity index (χ2n) is 4.54. The van der Waals surface area contributed by atoms with Gasteiger partial charge >= 0.3 is 5.97 Å². The van der Waals surface area contributed by atoms with Gasteiger partial charge in [-0.05, 0) is 25.5 Å². The van der Waals surface area contributed by atoms with Crippen LogP contribution in [0.15, 0.2) is 23.2 Å². The van der Waals surface area contributed by atoms with Crippen molar-refractivity contribution in [2.45, 2.75) is 31.9 Å². The molecular weight excluding hydrogens is 288 g/mol. The number of ether oxygens (including phenoxy) is 1. The van der Waals surface area contributed by atoms with Crippen LogP contribution in [-0.4, -0.2) is 33.4 Å². The largest absolute Gasteiger partial charge is 0.481 e. The number of carboxylic acids is 1. The molecule has 2 aromatic rings. The van der Waals surface area contributed by atoms with Gasteiger partial charge in [0.15, 0.2) is 5.82 Å². The highest BCUT2D eigenvalue weighted by Gasteiger charge is 2.11. The van der Waals surface area contributed by atoms with E-state index < -0.39 is 5.97 Å². The predicted octanol–water partition coefficient (Wildman–Crippen LogP) is 3.04. The van der Waals surface area contributed by atoms with Crippen molar-refractivity contribution in [1.82, 2.24) is 9.97 Å². The average Bonchev–Trinajstić information content (AvgIpc) is 2.44. The Kier molecular flexibility index (Phi) is 5.52. The summed E-state index contributed by atoms with van der Waals surface area (Å²) in [7, 11) is 0. The Bertz CT molecular complexity index is 646. The van der Waals surface area contributed by atoms with Gasteiger partial charge in [-0.2, -0.15) is 0 Å². The third-order valence-corrected chi connectivity index (χ3v) is 3.91. The van der Waals surface area contributed by atoms with E-state index in [9.17, 15) is 4.79 Å². The van der Waals surface area contributed by atoms with Crippen LogP contribution in [0.1, 0.15) is 24.7 Å². The van der Waals surface area contributed by atoms with E-state index in [-0.39, 0.29) is 6.42 Å². The molecule has 6 heteroatoms. The molecule has 0 atom stereocenters. The number of fused-ring (bicyclic) bond motifs is 1. The highest BCUT2D eigenvalue weighted by atomic mass is 32.2. The summed E-state index contributed by atoms with van der Waals surface area (Å²) in [5, 5.41) is 10.6.